The second-order valence-electron chi connectivity index (χ2n) is 4.62. The predicted molar refractivity (Wildman–Crippen MR) is 77.2 cm³/mol. The molecule has 4 heteroatoms. The van der Waals surface area contributed by atoms with E-state index in [1.165, 1.54) is 15.4 Å². The Morgan fingerprint density at radius 3 is 2.78 bits per heavy atom. The first-order valence-corrected chi connectivity index (χ1v) is 7.21. The fourth-order valence-electron chi connectivity index (χ4n) is 2.13. The maximum Gasteiger partial charge on any atom is 0.113 e. The van der Waals surface area contributed by atoms with Crippen molar-refractivity contribution < 1.29 is 0 Å². The van der Waals surface area contributed by atoms with Crippen LogP contribution in [0.1, 0.15) is 40.5 Å². The summed E-state index contributed by atoms with van der Waals surface area (Å²) in [7, 11) is 2.01. The highest BCUT2D eigenvalue weighted by Gasteiger charge is 2.09. The van der Waals surface area contributed by atoms with E-state index in [4.69, 9.17) is 0 Å². The molecule has 3 nitrogen and oxygen atoms in total. The van der Waals surface area contributed by atoms with Crippen LogP contribution in [0.5, 0.6) is 0 Å². The van der Waals surface area contributed by atoms with Crippen molar-refractivity contribution >= 4 is 11.3 Å². The molecular formula is C14H21N3S. The van der Waals surface area contributed by atoms with Crippen molar-refractivity contribution in [3.63, 3.8) is 0 Å². The van der Waals surface area contributed by atoms with Gasteiger partial charge < -0.3 is 9.88 Å². The molecule has 0 aliphatic heterocycles. The van der Waals surface area contributed by atoms with Crippen LogP contribution in [0, 0.1) is 13.8 Å². The van der Waals surface area contributed by atoms with Crippen molar-refractivity contribution in [1.82, 2.24) is 14.9 Å². The van der Waals surface area contributed by atoms with E-state index in [0.717, 1.165) is 18.7 Å². The number of nitrogens with zero attached hydrogens (tertiary/aromatic N) is 2. The second kappa shape index (κ2) is 5.67. The molecule has 1 unspecified atom stereocenters. The monoisotopic (exact) mass is 263 g/mol. The van der Waals surface area contributed by atoms with Crippen LogP contribution in [-0.2, 0) is 6.54 Å². The average molecular weight is 263 g/mol. The molecule has 0 saturated heterocycles. The molecule has 1 N–H and O–H groups in total. The molecule has 0 spiro atoms. The van der Waals surface area contributed by atoms with Crippen LogP contribution in [-0.4, -0.2) is 16.6 Å². The minimum atomic E-state index is 0.450. The third-order valence-electron chi connectivity index (χ3n) is 3.32. The quantitative estimate of drug-likeness (QED) is 0.897. The molecule has 2 rings (SSSR count). The van der Waals surface area contributed by atoms with Crippen LogP contribution in [0.25, 0.3) is 0 Å². The summed E-state index contributed by atoms with van der Waals surface area (Å²) in [6, 6.07) is 2.64. The van der Waals surface area contributed by atoms with Gasteiger partial charge >= 0.3 is 0 Å². The summed E-state index contributed by atoms with van der Waals surface area (Å²) in [5.74, 6) is 0. The van der Waals surface area contributed by atoms with Crippen LogP contribution in [0.15, 0.2) is 18.5 Å². The van der Waals surface area contributed by atoms with Gasteiger partial charge in [-0.05, 0) is 38.9 Å². The maximum atomic E-state index is 4.58. The Kier molecular flexibility index (Phi) is 4.19. The Balaban J connectivity index is 2.11. The highest BCUT2D eigenvalue weighted by Crippen LogP contribution is 2.20. The van der Waals surface area contributed by atoms with Gasteiger partial charge in [-0.1, -0.05) is 6.92 Å². The zero-order chi connectivity index (χ0) is 13.1. The van der Waals surface area contributed by atoms with Gasteiger partial charge in [0.15, 0.2) is 0 Å². The van der Waals surface area contributed by atoms with Crippen LogP contribution in [0.3, 0.4) is 0 Å². The zero-order valence-electron chi connectivity index (χ0n) is 11.5. The molecule has 0 amide bonds. The molecule has 0 radical (unpaired) electrons. The van der Waals surface area contributed by atoms with Gasteiger partial charge in [-0.25, -0.2) is 4.98 Å². The molecule has 2 heterocycles. The second-order valence-corrected chi connectivity index (χ2v) is 5.90. The van der Waals surface area contributed by atoms with Crippen molar-refractivity contribution in [2.75, 3.05) is 7.05 Å². The van der Waals surface area contributed by atoms with Gasteiger partial charge in [-0.2, -0.15) is 0 Å². The summed E-state index contributed by atoms with van der Waals surface area (Å²) in [5, 5.41) is 4.52. The number of hydrogen-bond donors (Lipinski definition) is 1. The molecule has 0 aliphatic carbocycles. The average Bonchev–Trinajstić information content (AvgIpc) is 2.90. The molecule has 98 valence electrons. The van der Waals surface area contributed by atoms with Crippen molar-refractivity contribution in [2.24, 2.45) is 0 Å². The van der Waals surface area contributed by atoms with E-state index in [0.29, 0.717) is 6.04 Å². The first kappa shape index (κ1) is 13.3. The van der Waals surface area contributed by atoms with E-state index >= 15 is 0 Å². The van der Waals surface area contributed by atoms with Gasteiger partial charge in [0.1, 0.15) is 5.01 Å². The standard InChI is InChI=1S/C14H21N3S/c1-5-13(15-4)12-6-7-17(8-12)9-14-16-10(2)11(3)18-14/h6-8,13,15H,5,9H2,1-4H3. The first-order valence-electron chi connectivity index (χ1n) is 6.40. The van der Waals surface area contributed by atoms with Crippen LogP contribution < -0.4 is 5.32 Å². The Labute approximate surface area is 113 Å². The predicted octanol–water partition coefficient (Wildman–Crippen LogP) is 3.28. The van der Waals surface area contributed by atoms with Crippen molar-refractivity contribution in [2.45, 2.75) is 39.8 Å². The van der Waals surface area contributed by atoms with Gasteiger partial charge in [0.2, 0.25) is 0 Å². The van der Waals surface area contributed by atoms with Gasteiger partial charge in [-0.15, -0.1) is 11.3 Å². The van der Waals surface area contributed by atoms with Crippen LogP contribution >= 0.6 is 11.3 Å². The largest absolute Gasteiger partial charge is 0.347 e. The lowest BCUT2D eigenvalue weighted by Crippen LogP contribution is -2.14. The third-order valence-corrected chi connectivity index (χ3v) is 4.38. The molecular weight excluding hydrogens is 242 g/mol. The van der Waals surface area contributed by atoms with E-state index in [2.05, 4.69) is 54.1 Å². The van der Waals surface area contributed by atoms with Crippen molar-refractivity contribution in [3.05, 3.63) is 39.6 Å². The molecule has 0 fully saturated rings. The zero-order valence-corrected chi connectivity index (χ0v) is 12.3. The SMILES string of the molecule is CCC(NC)c1ccn(Cc2nc(C)c(C)s2)c1. The van der Waals surface area contributed by atoms with E-state index in [9.17, 15) is 0 Å². The summed E-state index contributed by atoms with van der Waals surface area (Å²) < 4.78 is 2.22. The maximum absolute atomic E-state index is 4.58. The van der Waals surface area contributed by atoms with Gasteiger partial charge in [0.05, 0.1) is 12.2 Å². The number of thiazole rings is 1. The number of aromatic nitrogens is 2. The highest BCUT2D eigenvalue weighted by atomic mass is 32.1. The Morgan fingerprint density at radius 2 is 2.22 bits per heavy atom. The molecule has 0 saturated carbocycles. The fraction of sp³-hybridized carbons (Fsp3) is 0.500. The number of nitrogens with one attached hydrogen (secondary N) is 1. The van der Waals surface area contributed by atoms with Crippen molar-refractivity contribution in [1.29, 1.82) is 0 Å². The lowest BCUT2D eigenvalue weighted by molar-refractivity contribution is 0.575. The summed E-state index contributed by atoms with van der Waals surface area (Å²) in [6.07, 6.45) is 5.47. The van der Waals surface area contributed by atoms with Gasteiger partial charge in [0.25, 0.3) is 0 Å². The van der Waals surface area contributed by atoms with Crippen molar-refractivity contribution in [3.8, 4) is 0 Å². The molecule has 0 aliphatic rings. The molecule has 0 aromatic carbocycles. The molecule has 1 atom stereocenters. The highest BCUT2D eigenvalue weighted by molar-refractivity contribution is 7.11. The van der Waals surface area contributed by atoms with E-state index in [1.54, 1.807) is 11.3 Å². The van der Waals surface area contributed by atoms with E-state index in [1.807, 2.05) is 7.05 Å². The molecule has 2 aromatic rings. The van der Waals surface area contributed by atoms with Gasteiger partial charge in [-0.3, -0.25) is 0 Å². The topological polar surface area (TPSA) is 29.9 Å². The molecule has 2 aromatic heterocycles. The Bertz CT molecular complexity index is 489. The van der Waals surface area contributed by atoms with E-state index in [-0.39, 0.29) is 0 Å². The normalized spacial score (nSPS) is 12.9. The summed E-state index contributed by atoms with van der Waals surface area (Å²) in [6.45, 7) is 7.28. The lowest BCUT2D eigenvalue weighted by atomic mass is 10.1. The first-order chi connectivity index (χ1) is 8.63. The Morgan fingerprint density at radius 1 is 1.44 bits per heavy atom. The minimum Gasteiger partial charge on any atom is -0.347 e. The Hall–Kier alpha value is -1.13. The minimum absolute atomic E-state index is 0.450. The fourth-order valence-corrected chi connectivity index (χ4v) is 3.08. The lowest BCUT2D eigenvalue weighted by Gasteiger charge is -2.11. The molecule has 0 bridgehead atoms. The number of rotatable bonds is 5. The smallest absolute Gasteiger partial charge is 0.113 e. The third kappa shape index (κ3) is 2.82. The number of aryl methyl sites for hydroxylation is 2. The van der Waals surface area contributed by atoms with Crippen LogP contribution in [0.2, 0.25) is 0 Å². The molecule has 18 heavy (non-hydrogen) atoms. The summed E-state index contributed by atoms with van der Waals surface area (Å²) in [5.41, 5.74) is 2.51. The number of hydrogen-bond acceptors (Lipinski definition) is 3. The summed E-state index contributed by atoms with van der Waals surface area (Å²) >= 11 is 1.79. The van der Waals surface area contributed by atoms with Crippen LogP contribution in [0.4, 0.5) is 0 Å². The van der Waals surface area contributed by atoms with E-state index < -0.39 is 0 Å². The van der Waals surface area contributed by atoms with Gasteiger partial charge in [0, 0.05) is 23.3 Å². The summed E-state index contributed by atoms with van der Waals surface area (Å²) in [4.78, 5) is 5.90.